The maximum atomic E-state index is 13.4. The molecule has 16 nitrogen and oxygen atoms in total. The van der Waals surface area contributed by atoms with Crippen molar-refractivity contribution < 1.29 is 75.9 Å². The summed E-state index contributed by atoms with van der Waals surface area (Å²) in [6, 6.07) is 41.3. The third kappa shape index (κ3) is 24.5. The average Bonchev–Trinajstić information content (AvgIpc) is 3.57. The van der Waals surface area contributed by atoms with E-state index in [9.17, 15) is 9.59 Å². The third-order valence-corrected chi connectivity index (χ3v) is 12.0. The highest BCUT2D eigenvalue weighted by atomic mass is 16.6. The van der Waals surface area contributed by atoms with Crippen LogP contribution in [0, 0.1) is 0 Å². The number of rotatable bonds is 41. The third-order valence-electron chi connectivity index (χ3n) is 12.0. The zero-order valence-electron chi connectivity index (χ0n) is 49.4. The molecule has 6 aromatic carbocycles. The summed E-state index contributed by atoms with van der Waals surface area (Å²) in [5.41, 5.74) is 7.70. The molecule has 16 heteroatoms. The zero-order chi connectivity index (χ0) is 58.8. The minimum atomic E-state index is -0.0952. The Bertz CT molecular complexity index is 2440. The van der Waals surface area contributed by atoms with E-state index < -0.39 is 0 Å². The van der Waals surface area contributed by atoms with Crippen LogP contribution in [-0.4, -0.2) is 172 Å². The number of hydrogen-bond acceptors (Lipinski definition) is 16. The first-order valence-corrected chi connectivity index (χ1v) is 28.1. The molecule has 0 radical (unpaired) electrons. The van der Waals surface area contributed by atoms with Gasteiger partial charge in [-0.2, -0.15) is 0 Å². The van der Waals surface area contributed by atoms with Crippen molar-refractivity contribution in [2.24, 2.45) is 0 Å². The van der Waals surface area contributed by atoms with E-state index in [4.69, 9.17) is 66.3 Å². The molecular weight excluding hydrogens is 1050 g/mol. The lowest BCUT2D eigenvalue weighted by Gasteiger charge is -2.14. The number of methoxy groups -OCH3 is 4. The van der Waals surface area contributed by atoms with Crippen LogP contribution in [0.4, 0.5) is 0 Å². The molecule has 0 atom stereocenters. The fourth-order valence-corrected chi connectivity index (χ4v) is 7.80. The molecule has 0 unspecified atom stereocenters. The van der Waals surface area contributed by atoms with Crippen molar-refractivity contribution in [3.63, 3.8) is 0 Å². The fraction of sp³-hybridized carbons (Fsp3) is 0.424. The summed E-state index contributed by atoms with van der Waals surface area (Å²) in [5, 5.41) is 0. The van der Waals surface area contributed by atoms with Crippen molar-refractivity contribution in [3.8, 4) is 56.4 Å². The van der Waals surface area contributed by atoms with Gasteiger partial charge in [0.05, 0.1) is 133 Å². The summed E-state index contributed by atoms with van der Waals surface area (Å²) >= 11 is 0. The Morgan fingerprint density at radius 3 is 0.768 bits per heavy atom. The van der Waals surface area contributed by atoms with Gasteiger partial charge >= 0.3 is 0 Å². The van der Waals surface area contributed by atoms with Crippen molar-refractivity contribution in [1.29, 1.82) is 0 Å². The van der Waals surface area contributed by atoms with Crippen LogP contribution in [0.1, 0.15) is 59.5 Å². The van der Waals surface area contributed by atoms with Gasteiger partial charge in [0, 0.05) is 47.6 Å². The predicted octanol–water partition coefficient (Wildman–Crippen LogP) is 11.4. The highest BCUT2D eigenvalue weighted by Gasteiger charge is 2.16. The molecule has 0 spiro atoms. The summed E-state index contributed by atoms with van der Waals surface area (Å²) in [5.74, 6) is 2.47. The van der Waals surface area contributed by atoms with E-state index in [-0.39, 0.29) is 11.6 Å². The Morgan fingerprint density at radius 2 is 0.512 bits per heavy atom. The van der Waals surface area contributed by atoms with Gasteiger partial charge in [-0.3, -0.25) is 9.59 Å². The molecule has 0 saturated heterocycles. The van der Waals surface area contributed by atoms with Gasteiger partial charge in [0.15, 0.2) is 11.6 Å². The summed E-state index contributed by atoms with van der Waals surface area (Å²) in [4.78, 5) is 26.9. The molecule has 0 aliphatic rings. The van der Waals surface area contributed by atoms with Gasteiger partial charge in [0.1, 0.15) is 36.2 Å². The lowest BCUT2D eigenvalue weighted by atomic mass is 9.95. The highest BCUT2D eigenvalue weighted by Crippen LogP contribution is 2.38. The zero-order valence-corrected chi connectivity index (χ0v) is 49.4. The van der Waals surface area contributed by atoms with Crippen LogP contribution in [0.2, 0.25) is 0 Å². The quantitative estimate of drug-likeness (QED) is 0.0263. The molecule has 0 aliphatic carbocycles. The molecule has 0 N–H and O–H groups in total. The van der Waals surface area contributed by atoms with Gasteiger partial charge in [-0.05, 0) is 82.9 Å². The van der Waals surface area contributed by atoms with Gasteiger partial charge in [-0.1, -0.05) is 100 Å². The van der Waals surface area contributed by atoms with Crippen LogP contribution in [0.3, 0.4) is 0 Å². The predicted molar refractivity (Wildman–Crippen MR) is 320 cm³/mol. The molecule has 0 amide bonds. The summed E-state index contributed by atoms with van der Waals surface area (Å²) < 4.78 is 77.1. The molecule has 6 aromatic rings. The van der Waals surface area contributed by atoms with E-state index in [1.165, 1.54) is 0 Å². The Kier molecular flexibility index (Phi) is 35.1. The Balaban J connectivity index is 0.00000353. The van der Waals surface area contributed by atoms with Crippen molar-refractivity contribution in [2.75, 3.05) is 161 Å². The molecule has 6 rings (SSSR count). The van der Waals surface area contributed by atoms with E-state index in [0.717, 1.165) is 33.4 Å². The topological polar surface area (TPSA) is 163 Å². The molecule has 446 valence electrons. The Morgan fingerprint density at radius 1 is 0.280 bits per heavy atom. The molecule has 0 aliphatic heterocycles. The van der Waals surface area contributed by atoms with E-state index in [2.05, 4.69) is 0 Å². The van der Waals surface area contributed by atoms with Crippen molar-refractivity contribution in [3.05, 3.63) is 156 Å². The smallest absolute Gasteiger partial charge is 0.193 e. The average molecular weight is 1140 g/mol. The Hall–Kier alpha value is -6.54. The second kappa shape index (κ2) is 42.3. The van der Waals surface area contributed by atoms with E-state index in [0.29, 0.717) is 177 Å². The van der Waals surface area contributed by atoms with Gasteiger partial charge in [-0.25, -0.2) is 0 Å². The maximum Gasteiger partial charge on any atom is 0.193 e. The largest absolute Gasteiger partial charge is 0.496 e. The monoisotopic (exact) mass is 1130 g/mol. The Labute approximate surface area is 486 Å². The summed E-state index contributed by atoms with van der Waals surface area (Å²) in [6.07, 6.45) is 0. The van der Waals surface area contributed by atoms with Crippen LogP contribution >= 0.6 is 0 Å². The maximum absolute atomic E-state index is 13.4. The molecule has 0 saturated carbocycles. The minimum Gasteiger partial charge on any atom is -0.496 e. The lowest BCUT2D eigenvalue weighted by Crippen LogP contribution is -2.14. The normalized spacial score (nSPS) is 10.8. The number of carbonyl (C=O) groups is 2. The van der Waals surface area contributed by atoms with Crippen molar-refractivity contribution in [1.82, 2.24) is 0 Å². The van der Waals surface area contributed by atoms with E-state index >= 15 is 0 Å². The van der Waals surface area contributed by atoms with E-state index in [1.54, 1.807) is 77.0 Å². The van der Waals surface area contributed by atoms with Gasteiger partial charge < -0.3 is 66.3 Å². The fourth-order valence-electron chi connectivity index (χ4n) is 7.80. The second-order valence-corrected chi connectivity index (χ2v) is 17.3. The number of ketones is 2. The molecule has 0 bridgehead atoms. The second-order valence-electron chi connectivity index (χ2n) is 17.3. The van der Waals surface area contributed by atoms with Crippen LogP contribution < -0.4 is 18.9 Å². The van der Waals surface area contributed by atoms with Gasteiger partial charge in [0.25, 0.3) is 0 Å². The van der Waals surface area contributed by atoms with Crippen LogP contribution in [0.15, 0.2) is 133 Å². The lowest BCUT2D eigenvalue weighted by molar-refractivity contribution is -0.00978. The first-order valence-electron chi connectivity index (χ1n) is 28.1. The van der Waals surface area contributed by atoms with Crippen LogP contribution in [-0.2, 0) is 47.4 Å². The number of benzene rings is 6. The van der Waals surface area contributed by atoms with Gasteiger partial charge in [0.2, 0.25) is 0 Å². The molecule has 0 aromatic heterocycles. The summed E-state index contributed by atoms with van der Waals surface area (Å²) in [6.45, 7) is 17.7. The number of hydrogen-bond donors (Lipinski definition) is 0. The van der Waals surface area contributed by atoms with Crippen LogP contribution in [0.5, 0.6) is 23.0 Å². The number of carbonyl (C=O) groups excluding carboxylic acids is 2. The molecular formula is C66H86O16. The molecule has 0 heterocycles. The highest BCUT2D eigenvalue weighted by molar-refractivity contribution is 6.10. The summed E-state index contributed by atoms with van der Waals surface area (Å²) in [7, 11) is 6.56. The first kappa shape index (κ1) is 68.0. The minimum absolute atomic E-state index is 0.0952. The van der Waals surface area contributed by atoms with Crippen molar-refractivity contribution in [2.45, 2.75) is 27.7 Å². The molecule has 0 fully saturated rings. The van der Waals surface area contributed by atoms with Crippen LogP contribution in [0.25, 0.3) is 33.4 Å². The van der Waals surface area contributed by atoms with E-state index in [1.807, 2.05) is 113 Å². The number of ether oxygens (including phenoxy) is 14. The SMILES string of the molecule is CC.CC.COCCOCCOCCOCCOCCOc1ccc(C(=O)c2ccc(-c3ccc(-c4ccc(-c5ccc(C(=O)c6ccc(OCCOCCOCCOCCOCCOC)cc6)cc5)c(OC)c4)cc3OC)cc2)cc1. The van der Waals surface area contributed by atoms with Crippen molar-refractivity contribution >= 4 is 11.6 Å². The standard InChI is InChI=1S/C62H74O16.2C2H6/c1-65-25-27-69-29-31-71-33-35-73-37-39-75-41-43-77-55-19-13-51(14-20-55)61(63)49-9-5-47(6-10-49)57-23-17-53(45-59(57)67-3)54-18-24-58(60(46-54)68-4)48-7-11-50(12-8-48)62(64)52-15-21-56(22-16-52)78-44-42-76-40-38-74-36-34-72-32-30-70-28-26-66-2;2*1-2/h5-24,45-46H,25-44H2,1-4H3;2*1-2H3. The van der Waals surface area contributed by atoms with Gasteiger partial charge in [-0.15, -0.1) is 0 Å². The first-order chi connectivity index (χ1) is 40.4. The molecule has 82 heavy (non-hydrogen) atoms.